The van der Waals surface area contributed by atoms with Gasteiger partial charge >= 0.3 is 0 Å². The smallest absolute Gasteiger partial charge is 0.187 e. The Morgan fingerprint density at radius 3 is 2.52 bits per heavy atom. The van der Waals surface area contributed by atoms with Crippen LogP contribution in [-0.2, 0) is 13.0 Å². The number of anilines is 1. The number of hydrogen-bond donors (Lipinski definition) is 1. The Morgan fingerprint density at radius 2 is 1.76 bits per heavy atom. The van der Waals surface area contributed by atoms with E-state index in [9.17, 15) is 13.9 Å². The number of phenols is 1. The number of phenolic OH excluding ortho intramolecular Hbond substituents is 1. The molecule has 0 spiro atoms. The lowest BCUT2D eigenvalue weighted by atomic mass is 10.1. The van der Waals surface area contributed by atoms with E-state index in [1.54, 1.807) is 0 Å². The predicted octanol–water partition coefficient (Wildman–Crippen LogP) is 4.01. The van der Waals surface area contributed by atoms with E-state index in [1.807, 2.05) is 18.2 Å². The largest absolute Gasteiger partial charge is 0.503 e. The van der Waals surface area contributed by atoms with Crippen molar-refractivity contribution in [2.45, 2.75) is 25.8 Å². The van der Waals surface area contributed by atoms with Gasteiger partial charge in [0, 0.05) is 18.8 Å². The summed E-state index contributed by atoms with van der Waals surface area (Å²) in [5, 5.41) is 9.18. The maximum Gasteiger partial charge on any atom is 0.187 e. The fourth-order valence-electron chi connectivity index (χ4n) is 2.86. The van der Waals surface area contributed by atoms with Crippen molar-refractivity contribution in [1.29, 1.82) is 0 Å². The van der Waals surface area contributed by atoms with Crippen LogP contribution in [0.25, 0.3) is 0 Å². The van der Waals surface area contributed by atoms with Gasteiger partial charge in [-0.1, -0.05) is 18.2 Å². The van der Waals surface area contributed by atoms with Gasteiger partial charge in [0.05, 0.1) is 0 Å². The summed E-state index contributed by atoms with van der Waals surface area (Å²) < 4.78 is 26.9. The SMILES string of the molecule is Oc1c(F)cc(CN2CCCCc3ccccc32)cc1F. The molecular formula is C17H17F2NO. The summed E-state index contributed by atoms with van der Waals surface area (Å²) in [7, 11) is 0. The predicted molar refractivity (Wildman–Crippen MR) is 78.5 cm³/mol. The van der Waals surface area contributed by atoms with Crippen LogP contribution in [-0.4, -0.2) is 11.7 Å². The third-order valence-electron chi connectivity index (χ3n) is 3.91. The Kier molecular flexibility index (Phi) is 3.78. The van der Waals surface area contributed by atoms with E-state index in [4.69, 9.17) is 0 Å². The molecule has 0 aromatic heterocycles. The Morgan fingerprint density at radius 1 is 1.05 bits per heavy atom. The third-order valence-corrected chi connectivity index (χ3v) is 3.91. The molecule has 0 unspecified atom stereocenters. The molecule has 0 saturated carbocycles. The first kappa shape index (κ1) is 13.9. The van der Waals surface area contributed by atoms with Gasteiger partial charge in [-0.2, -0.15) is 0 Å². The summed E-state index contributed by atoms with van der Waals surface area (Å²) in [5.74, 6) is -2.73. The van der Waals surface area contributed by atoms with Crippen molar-refractivity contribution in [3.05, 3.63) is 59.2 Å². The second kappa shape index (κ2) is 5.72. The number of fused-ring (bicyclic) bond motifs is 1. The zero-order valence-electron chi connectivity index (χ0n) is 11.6. The van der Waals surface area contributed by atoms with Crippen LogP contribution in [0.5, 0.6) is 5.75 Å². The van der Waals surface area contributed by atoms with E-state index in [0.717, 1.165) is 31.5 Å². The van der Waals surface area contributed by atoms with Crippen LogP contribution < -0.4 is 4.90 Å². The van der Waals surface area contributed by atoms with E-state index < -0.39 is 17.4 Å². The molecule has 21 heavy (non-hydrogen) atoms. The molecule has 2 aromatic rings. The number of aryl methyl sites for hydroxylation is 1. The quantitative estimate of drug-likeness (QED) is 0.903. The minimum absolute atomic E-state index is 0.436. The first-order valence-corrected chi connectivity index (χ1v) is 7.15. The molecule has 4 heteroatoms. The topological polar surface area (TPSA) is 23.5 Å². The monoisotopic (exact) mass is 289 g/mol. The van der Waals surface area contributed by atoms with Gasteiger partial charge in [-0.25, -0.2) is 8.78 Å². The number of rotatable bonds is 2. The van der Waals surface area contributed by atoms with Gasteiger partial charge in [0.25, 0.3) is 0 Å². The second-order valence-corrected chi connectivity index (χ2v) is 5.42. The van der Waals surface area contributed by atoms with E-state index >= 15 is 0 Å². The first-order chi connectivity index (χ1) is 10.1. The van der Waals surface area contributed by atoms with Crippen LogP contribution in [0, 0.1) is 11.6 Å². The van der Waals surface area contributed by atoms with Crippen molar-refractivity contribution >= 4 is 5.69 Å². The van der Waals surface area contributed by atoms with Gasteiger partial charge in [0.1, 0.15) is 0 Å². The van der Waals surface area contributed by atoms with E-state index in [2.05, 4.69) is 11.0 Å². The minimum atomic E-state index is -0.909. The molecule has 1 aliphatic rings. The van der Waals surface area contributed by atoms with Gasteiger partial charge in [0.15, 0.2) is 17.4 Å². The van der Waals surface area contributed by atoms with Crippen molar-refractivity contribution in [2.24, 2.45) is 0 Å². The van der Waals surface area contributed by atoms with Gasteiger partial charge in [-0.05, 0) is 48.6 Å². The van der Waals surface area contributed by atoms with E-state index in [-0.39, 0.29) is 0 Å². The van der Waals surface area contributed by atoms with Crippen LogP contribution in [0.2, 0.25) is 0 Å². The first-order valence-electron chi connectivity index (χ1n) is 7.15. The van der Waals surface area contributed by atoms with Gasteiger partial charge in [0.2, 0.25) is 0 Å². The molecule has 2 aromatic carbocycles. The number of hydrogen-bond acceptors (Lipinski definition) is 2. The highest BCUT2D eigenvalue weighted by atomic mass is 19.1. The highest BCUT2D eigenvalue weighted by molar-refractivity contribution is 5.55. The molecule has 1 aliphatic heterocycles. The molecule has 3 rings (SSSR count). The molecule has 2 nitrogen and oxygen atoms in total. The van der Waals surface area contributed by atoms with Crippen molar-refractivity contribution in [3.63, 3.8) is 0 Å². The molecule has 0 saturated heterocycles. The fourth-order valence-corrected chi connectivity index (χ4v) is 2.86. The van der Waals surface area contributed by atoms with Crippen LogP contribution in [0.4, 0.5) is 14.5 Å². The lowest BCUT2D eigenvalue weighted by Crippen LogP contribution is -2.23. The summed E-state index contributed by atoms with van der Waals surface area (Å²) in [4.78, 5) is 2.15. The molecule has 0 bridgehead atoms. The number of nitrogens with zero attached hydrogens (tertiary/aromatic N) is 1. The van der Waals surface area contributed by atoms with Gasteiger partial charge in [-0.3, -0.25) is 0 Å². The molecule has 0 amide bonds. The lowest BCUT2D eigenvalue weighted by molar-refractivity contribution is 0.395. The number of aromatic hydroxyl groups is 1. The molecule has 110 valence electrons. The number of para-hydroxylation sites is 1. The average Bonchev–Trinajstić information content (AvgIpc) is 2.67. The summed E-state index contributed by atoms with van der Waals surface area (Å²) in [5.41, 5.74) is 2.93. The van der Waals surface area contributed by atoms with E-state index in [1.165, 1.54) is 17.7 Å². The van der Waals surface area contributed by atoms with Crippen LogP contribution >= 0.6 is 0 Å². The van der Waals surface area contributed by atoms with Crippen LogP contribution in [0.1, 0.15) is 24.0 Å². The summed E-state index contributed by atoms with van der Waals surface area (Å²) in [6, 6.07) is 10.6. The molecule has 0 atom stereocenters. The average molecular weight is 289 g/mol. The van der Waals surface area contributed by atoms with Crippen molar-refractivity contribution in [2.75, 3.05) is 11.4 Å². The molecule has 0 fully saturated rings. The lowest BCUT2D eigenvalue weighted by Gasteiger charge is -2.25. The standard InChI is InChI=1S/C17H17F2NO/c18-14-9-12(10-15(19)17(14)21)11-20-8-4-3-6-13-5-1-2-7-16(13)20/h1-2,5,7,9-10,21H,3-4,6,8,11H2. The normalized spacial score (nSPS) is 14.7. The Balaban J connectivity index is 1.91. The molecule has 0 aliphatic carbocycles. The fraction of sp³-hybridized carbons (Fsp3) is 0.294. The van der Waals surface area contributed by atoms with E-state index in [0.29, 0.717) is 12.1 Å². The Bertz CT molecular complexity index is 634. The maximum absolute atomic E-state index is 13.5. The van der Waals surface area contributed by atoms with Crippen molar-refractivity contribution in [1.82, 2.24) is 0 Å². The molecule has 1 heterocycles. The Labute approximate surface area is 122 Å². The summed E-state index contributed by atoms with van der Waals surface area (Å²) in [6.07, 6.45) is 3.20. The number of halogens is 2. The highest BCUT2D eigenvalue weighted by Crippen LogP contribution is 2.29. The molecule has 0 radical (unpaired) electrons. The van der Waals surface area contributed by atoms with Crippen LogP contribution in [0.15, 0.2) is 36.4 Å². The highest BCUT2D eigenvalue weighted by Gasteiger charge is 2.17. The minimum Gasteiger partial charge on any atom is -0.503 e. The summed E-state index contributed by atoms with van der Waals surface area (Å²) >= 11 is 0. The molecular weight excluding hydrogens is 272 g/mol. The summed E-state index contributed by atoms with van der Waals surface area (Å²) in [6.45, 7) is 1.30. The zero-order chi connectivity index (χ0) is 14.8. The van der Waals surface area contributed by atoms with Gasteiger partial charge < -0.3 is 10.0 Å². The Hall–Kier alpha value is -2.10. The zero-order valence-corrected chi connectivity index (χ0v) is 11.6. The molecule has 1 N–H and O–H groups in total. The second-order valence-electron chi connectivity index (χ2n) is 5.42. The number of benzene rings is 2. The van der Waals surface area contributed by atoms with Gasteiger partial charge in [-0.15, -0.1) is 0 Å². The van der Waals surface area contributed by atoms with Crippen LogP contribution in [0.3, 0.4) is 0 Å². The third kappa shape index (κ3) is 2.84. The van der Waals surface area contributed by atoms with Crippen molar-refractivity contribution < 1.29 is 13.9 Å². The van der Waals surface area contributed by atoms with Crippen molar-refractivity contribution in [3.8, 4) is 5.75 Å². The maximum atomic E-state index is 13.5.